The monoisotopic (exact) mass is 396 g/mol. The zero-order valence-electron chi connectivity index (χ0n) is 16.6. The van der Waals surface area contributed by atoms with E-state index in [1.54, 1.807) is 26.0 Å². The Kier molecular flexibility index (Phi) is 4.84. The van der Waals surface area contributed by atoms with E-state index in [9.17, 15) is 15.0 Å². The fourth-order valence-electron chi connectivity index (χ4n) is 3.80. The molecule has 2 unspecified atom stereocenters. The topological polar surface area (TPSA) is 85.2 Å². The number of hydrogen-bond acceptors (Lipinski definition) is 6. The standard InChI is InChI=1S/C23H24O6/c1-23(2,26)19-12-15-10-13(4-9-18(15)28-19)11-17-20(21(25)29-22(17)27-3)14-5-7-16(24)8-6-14/h4-10,19,22,24,26H,11-12H2,1-3H3. The molecule has 152 valence electrons. The first-order chi connectivity index (χ1) is 13.8. The van der Waals surface area contributed by atoms with E-state index in [4.69, 9.17) is 14.2 Å². The van der Waals surface area contributed by atoms with Crippen LogP contribution >= 0.6 is 0 Å². The second kappa shape index (κ2) is 7.21. The molecular formula is C23H24O6. The lowest BCUT2D eigenvalue weighted by Crippen LogP contribution is -2.39. The number of esters is 1. The second-order valence-corrected chi connectivity index (χ2v) is 8.00. The van der Waals surface area contributed by atoms with E-state index < -0.39 is 17.9 Å². The van der Waals surface area contributed by atoms with Crippen LogP contribution in [0.15, 0.2) is 48.0 Å². The van der Waals surface area contributed by atoms with Gasteiger partial charge in [-0.2, -0.15) is 0 Å². The number of fused-ring (bicyclic) bond motifs is 1. The fraction of sp³-hybridized carbons (Fsp3) is 0.348. The summed E-state index contributed by atoms with van der Waals surface area (Å²) in [7, 11) is 1.50. The van der Waals surface area contributed by atoms with Crippen molar-refractivity contribution >= 4 is 11.5 Å². The fourth-order valence-corrected chi connectivity index (χ4v) is 3.80. The minimum Gasteiger partial charge on any atom is -0.508 e. The molecule has 0 aromatic heterocycles. The van der Waals surface area contributed by atoms with E-state index in [0.29, 0.717) is 24.0 Å². The summed E-state index contributed by atoms with van der Waals surface area (Å²) in [5.41, 5.74) is 2.97. The molecular weight excluding hydrogens is 372 g/mol. The van der Waals surface area contributed by atoms with Crippen LogP contribution in [-0.2, 0) is 27.1 Å². The summed E-state index contributed by atoms with van der Waals surface area (Å²) in [5, 5.41) is 19.8. The molecule has 0 aliphatic carbocycles. The maximum absolute atomic E-state index is 12.5. The minimum atomic E-state index is -0.930. The summed E-state index contributed by atoms with van der Waals surface area (Å²) >= 11 is 0. The van der Waals surface area contributed by atoms with Crippen molar-refractivity contribution in [1.82, 2.24) is 0 Å². The highest BCUT2D eigenvalue weighted by Crippen LogP contribution is 2.37. The number of phenols is 1. The molecule has 0 spiro atoms. The average Bonchev–Trinajstić information content (AvgIpc) is 3.23. The molecule has 2 aromatic rings. The van der Waals surface area contributed by atoms with Crippen molar-refractivity contribution < 1.29 is 29.2 Å². The number of aliphatic hydroxyl groups is 1. The number of aromatic hydroxyl groups is 1. The van der Waals surface area contributed by atoms with Gasteiger partial charge in [0.25, 0.3) is 0 Å². The Morgan fingerprint density at radius 1 is 1.14 bits per heavy atom. The smallest absolute Gasteiger partial charge is 0.341 e. The molecule has 29 heavy (non-hydrogen) atoms. The van der Waals surface area contributed by atoms with E-state index in [-0.39, 0.29) is 11.9 Å². The molecule has 0 saturated carbocycles. The summed E-state index contributed by atoms with van der Waals surface area (Å²) in [5.74, 6) is 0.463. The van der Waals surface area contributed by atoms with Crippen molar-refractivity contribution in [3.63, 3.8) is 0 Å². The molecule has 2 aromatic carbocycles. The van der Waals surface area contributed by atoms with Gasteiger partial charge in [0.1, 0.15) is 17.6 Å². The molecule has 0 fully saturated rings. The van der Waals surface area contributed by atoms with Crippen LogP contribution < -0.4 is 4.74 Å². The maximum atomic E-state index is 12.5. The first-order valence-corrected chi connectivity index (χ1v) is 9.53. The molecule has 4 rings (SSSR count). The van der Waals surface area contributed by atoms with Crippen LogP contribution in [-0.4, -0.2) is 41.3 Å². The number of carbonyl (C=O) groups is 1. The number of phenolic OH excluding ortho intramolecular Hbond substituents is 1. The zero-order valence-corrected chi connectivity index (χ0v) is 16.6. The number of rotatable bonds is 5. The summed E-state index contributed by atoms with van der Waals surface area (Å²) in [6.45, 7) is 3.48. The van der Waals surface area contributed by atoms with Crippen molar-refractivity contribution in [2.24, 2.45) is 0 Å². The maximum Gasteiger partial charge on any atom is 0.341 e. The predicted molar refractivity (Wildman–Crippen MR) is 106 cm³/mol. The van der Waals surface area contributed by atoms with Crippen LogP contribution in [0.25, 0.3) is 5.57 Å². The Bertz CT molecular complexity index is 968. The van der Waals surface area contributed by atoms with E-state index in [2.05, 4.69) is 0 Å². The Morgan fingerprint density at radius 3 is 2.52 bits per heavy atom. The van der Waals surface area contributed by atoms with Crippen LogP contribution in [0.3, 0.4) is 0 Å². The lowest BCUT2D eigenvalue weighted by molar-refractivity contribution is -0.154. The van der Waals surface area contributed by atoms with Gasteiger partial charge in [0.05, 0.1) is 11.2 Å². The number of carbonyl (C=O) groups excluding carboxylic acids is 1. The minimum absolute atomic E-state index is 0.130. The third-order valence-electron chi connectivity index (χ3n) is 5.38. The normalized spacial score (nSPS) is 21.2. The molecule has 0 radical (unpaired) electrons. The van der Waals surface area contributed by atoms with Crippen LogP contribution in [0.1, 0.15) is 30.5 Å². The highest BCUT2D eigenvalue weighted by atomic mass is 16.7. The molecule has 6 nitrogen and oxygen atoms in total. The quantitative estimate of drug-likeness (QED) is 0.756. The predicted octanol–water partition coefficient (Wildman–Crippen LogP) is 2.99. The van der Waals surface area contributed by atoms with E-state index >= 15 is 0 Å². The highest BCUT2D eigenvalue weighted by Gasteiger charge is 2.37. The van der Waals surface area contributed by atoms with Crippen LogP contribution in [0.5, 0.6) is 11.5 Å². The molecule has 2 atom stereocenters. The Labute approximate surface area is 169 Å². The van der Waals surface area contributed by atoms with Gasteiger partial charge in [0, 0.05) is 25.5 Å². The van der Waals surface area contributed by atoms with Gasteiger partial charge in [-0.15, -0.1) is 0 Å². The van der Waals surface area contributed by atoms with Crippen LogP contribution in [0.4, 0.5) is 0 Å². The molecule has 2 N–H and O–H groups in total. The molecule has 0 bridgehead atoms. The van der Waals surface area contributed by atoms with Gasteiger partial charge in [0.15, 0.2) is 0 Å². The SMILES string of the molecule is COC1OC(=O)C(c2ccc(O)cc2)=C1Cc1ccc2c(c1)CC(C(C)(C)O)O2. The first-order valence-electron chi connectivity index (χ1n) is 9.53. The number of benzene rings is 2. The first kappa shape index (κ1) is 19.5. The van der Waals surface area contributed by atoms with Gasteiger partial charge in [-0.1, -0.05) is 24.3 Å². The number of methoxy groups -OCH3 is 1. The molecule has 0 amide bonds. The Hall–Kier alpha value is -2.83. The Balaban J connectivity index is 1.67. The second-order valence-electron chi connectivity index (χ2n) is 8.00. The van der Waals surface area contributed by atoms with Gasteiger partial charge in [-0.05, 0) is 48.7 Å². The lowest BCUT2D eigenvalue weighted by atomic mass is 9.93. The summed E-state index contributed by atoms with van der Waals surface area (Å²) in [6.07, 6.45) is 0.0585. The van der Waals surface area contributed by atoms with Crippen molar-refractivity contribution in [2.75, 3.05) is 7.11 Å². The lowest BCUT2D eigenvalue weighted by Gasteiger charge is -2.24. The van der Waals surface area contributed by atoms with Crippen molar-refractivity contribution in [3.05, 3.63) is 64.7 Å². The Morgan fingerprint density at radius 2 is 1.86 bits per heavy atom. The van der Waals surface area contributed by atoms with Crippen LogP contribution in [0.2, 0.25) is 0 Å². The highest BCUT2D eigenvalue weighted by molar-refractivity contribution is 6.19. The number of cyclic esters (lactones) is 1. The van der Waals surface area contributed by atoms with E-state index in [0.717, 1.165) is 22.4 Å². The van der Waals surface area contributed by atoms with Gasteiger partial charge in [-0.25, -0.2) is 4.79 Å². The largest absolute Gasteiger partial charge is 0.508 e. The number of ether oxygens (including phenoxy) is 3. The summed E-state index contributed by atoms with van der Waals surface area (Å²) in [6, 6.07) is 12.3. The summed E-state index contributed by atoms with van der Waals surface area (Å²) < 4.78 is 16.6. The average molecular weight is 396 g/mol. The molecule has 2 aliphatic heterocycles. The van der Waals surface area contributed by atoms with Crippen molar-refractivity contribution in [3.8, 4) is 11.5 Å². The van der Waals surface area contributed by atoms with Gasteiger partial charge in [-0.3, -0.25) is 0 Å². The summed E-state index contributed by atoms with van der Waals surface area (Å²) in [4.78, 5) is 12.5. The van der Waals surface area contributed by atoms with Crippen LogP contribution in [0, 0.1) is 0 Å². The van der Waals surface area contributed by atoms with Crippen molar-refractivity contribution in [2.45, 2.75) is 44.7 Å². The van der Waals surface area contributed by atoms with Gasteiger partial charge >= 0.3 is 5.97 Å². The molecule has 2 heterocycles. The van der Waals surface area contributed by atoms with E-state index in [1.807, 2.05) is 18.2 Å². The molecule has 0 saturated heterocycles. The third kappa shape index (κ3) is 3.73. The van der Waals surface area contributed by atoms with Gasteiger partial charge < -0.3 is 24.4 Å². The number of hydrogen-bond donors (Lipinski definition) is 2. The third-order valence-corrected chi connectivity index (χ3v) is 5.38. The zero-order chi connectivity index (χ0) is 20.8. The van der Waals surface area contributed by atoms with E-state index in [1.165, 1.54) is 19.2 Å². The molecule has 6 heteroatoms. The van der Waals surface area contributed by atoms with Crippen molar-refractivity contribution in [1.29, 1.82) is 0 Å². The molecule has 2 aliphatic rings. The van der Waals surface area contributed by atoms with Gasteiger partial charge in [0.2, 0.25) is 6.29 Å².